The summed E-state index contributed by atoms with van der Waals surface area (Å²) < 4.78 is 5.68. The van der Waals surface area contributed by atoms with Gasteiger partial charge in [0.05, 0.1) is 11.1 Å². The van der Waals surface area contributed by atoms with E-state index in [1.807, 2.05) is 0 Å². The maximum Gasteiger partial charge on any atom is 0.261 e. The molecule has 2 amide bonds. The summed E-state index contributed by atoms with van der Waals surface area (Å²) in [7, 11) is 0. The molecule has 3 atom stereocenters. The van der Waals surface area contributed by atoms with Crippen LogP contribution in [-0.2, 0) is 14.4 Å². The van der Waals surface area contributed by atoms with Crippen molar-refractivity contribution in [1.82, 2.24) is 10.2 Å². The summed E-state index contributed by atoms with van der Waals surface area (Å²) in [5.41, 5.74) is -0.0880. The number of nitriles is 1. The number of Topliss-reactive ketones (excluding diaryl/α,β-unsaturated/α-hetero) is 1. The van der Waals surface area contributed by atoms with Gasteiger partial charge in [-0.25, -0.2) is 0 Å². The first kappa shape index (κ1) is 26.8. The quantitative estimate of drug-likeness (QED) is 0.526. The van der Waals surface area contributed by atoms with Crippen molar-refractivity contribution in [2.45, 2.75) is 82.7 Å². The number of benzene rings is 1. The molecule has 3 aliphatic rings. The van der Waals surface area contributed by atoms with Gasteiger partial charge in [0.2, 0.25) is 5.91 Å². The lowest BCUT2D eigenvalue weighted by Gasteiger charge is -2.33. The molecule has 0 aromatic heterocycles. The Kier molecular flexibility index (Phi) is 8.79. The van der Waals surface area contributed by atoms with Crippen molar-refractivity contribution < 1.29 is 19.1 Å². The van der Waals surface area contributed by atoms with Crippen LogP contribution in [0.1, 0.15) is 70.6 Å². The Balaban J connectivity index is 1.44. The first-order valence-electron chi connectivity index (χ1n) is 12.9. The van der Waals surface area contributed by atoms with E-state index in [9.17, 15) is 19.6 Å². The number of nitrogens with one attached hydrogen (secondary N) is 1. The molecule has 0 radical (unpaired) electrons. The van der Waals surface area contributed by atoms with Crippen molar-refractivity contribution in [1.29, 1.82) is 5.26 Å². The summed E-state index contributed by atoms with van der Waals surface area (Å²) in [4.78, 5) is 40.6. The van der Waals surface area contributed by atoms with Gasteiger partial charge in [-0.15, -0.1) is 0 Å². The molecular weight excluding hydrogens is 501 g/mol. The van der Waals surface area contributed by atoms with Gasteiger partial charge in [0.25, 0.3) is 5.91 Å². The molecule has 3 fully saturated rings. The highest BCUT2D eigenvalue weighted by atomic mass is 35.5. The molecule has 0 bridgehead atoms. The lowest BCUT2D eigenvalue weighted by molar-refractivity contribution is -0.140. The molecule has 36 heavy (non-hydrogen) atoms. The topological polar surface area (TPSA) is 99.5 Å². The Labute approximate surface area is 222 Å². The van der Waals surface area contributed by atoms with Crippen LogP contribution in [0, 0.1) is 22.7 Å². The molecule has 4 rings (SSSR count). The fourth-order valence-electron chi connectivity index (χ4n) is 6.03. The molecule has 1 aliphatic heterocycles. The molecule has 2 aliphatic carbocycles. The molecule has 0 unspecified atom stereocenters. The lowest BCUT2D eigenvalue weighted by atomic mass is 9.72. The molecule has 1 aromatic carbocycles. The van der Waals surface area contributed by atoms with E-state index in [1.54, 1.807) is 23.1 Å². The molecule has 7 nitrogen and oxygen atoms in total. The van der Waals surface area contributed by atoms with Gasteiger partial charge < -0.3 is 15.0 Å². The van der Waals surface area contributed by atoms with Crippen LogP contribution < -0.4 is 10.1 Å². The second kappa shape index (κ2) is 11.8. The monoisotopic (exact) mass is 533 g/mol. The third-order valence-electron chi connectivity index (χ3n) is 7.96. The molecule has 194 valence electrons. The minimum atomic E-state index is -0.756. The second-order valence-electron chi connectivity index (χ2n) is 10.5. The maximum absolute atomic E-state index is 13.4. The summed E-state index contributed by atoms with van der Waals surface area (Å²) in [5, 5.41) is 13.3. The van der Waals surface area contributed by atoms with Crippen LogP contribution in [0.25, 0.3) is 0 Å². The number of nitrogens with zero attached hydrogens (tertiary/aromatic N) is 2. The molecule has 9 heteroatoms. The largest absolute Gasteiger partial charge is 0.482 e. The van der Waals surface area contributed by atoms with E-state index in [1.165, 1.54) is 0 Å². The zero-order valence-electron chi connectivity index (χ0n) is 20.4. The third-order valence-corrected chi connectivity index (χ3v) is 8.49. The van der Waals surface area contributed by atoms with Gasteiger partial charge in [0, 0.05) is 23.9 Å². The number of hydrogen-bond acceptors (Lipinski definition) is 5. The lowest BCUT2D eigenvalue weighted by Crippen LogP contribution is -2.50. The van der Waals surface area contributed by atoms with Gasteiger partial charge in [0.1, 0.15) is 23.6 Å². The maximum atomic E-state index is 13.4. The molecule has 1 heterocycles. The zero-order chi connectivity index (χ0) is 25.7. The minimum Gasteiger partial charge on any atom is -0.482 e. The van der Waals surface area contributed by atoms with Crippen LogP contribution in [0.4, 0.5) is 0 Å². The number of carbonyl (C=O) groups is 3. The predicted molar refractivity (Wildman–Crippen MR) is 137 cm³/mol. The third kappa shape index (κ3) is 6.33. The van der Waals surface area contributed by atoms with E-state index >= 15 is 0 Å². The normalized spacial score (nSPS) is 24.2. The van der Waals surface area contributed by atoms with E-state index in [4.69, 9.17) is 27.9 Å². The standard InChI is InChI=1S/C27H33Cl2N3O4/c28-19-8-9-24(21(29)13-19)36-16-25(34)32-17-27(10-4-1-5-11-27)14-22(32)26(35)31-20(15-30)12-18-6-2-3-7-23(18)33/h8-9,13,18,20,22H,1-7,10-12,14,16-17H2,(H,31,35)/t18-,20-,22-/m0/s1. The highest BCUT2D eigenvalue weighted by Crippen LogP contribution is 2.46. The number of amides is 2. The molecule has 1 spiro atoms. The molecule has 1 aromatic rings. The summed E-state index contributed by atoms with van der Waals surface area (Å²) in [5.74, 6) is -0.284. The van der Waals surface area contributed by atoms with Crippen LogP contribution in [0.2, 0.25) is 10.0 Å². The van der Waals surface area contributed by atoms with Crippen molar-refractivity contribution in [2.24, 2.45) is 11.3 Å². The van der Waals surface area contributed by atoms with Crippen LogP contribution in [0.3, 0.4) is 0 Å². The molecule has 1 saturated heterocycles. The highest BCUT2D eigenvalue weighted by Gasteiger charge is 2.49. The van der Waals surface area contributed by atoms with E-state index in [2.05, 4.69) is 11.4 Å². The number of hydrogen-bond donors (Lipinski definition) is 1. The zero-order valence-corrected chi connectivity index (χ0v) is 22.0. The Morgan fingerprint density at radius 3 is 2.67 bits per heavy atom. The van der Waals surface area contributed by atoms with Gasteiger partial charge in [-0.1, -0.05) is 48.9 Å². The van der Waals surface area contributed by atoms with Crippen LogP contribution in [0.5, 0.6) is 5.75 Å². The average molecular weight is 534 g/mol. The van der Waals surface area contributed by atoms with Gasteiger partial charge in [-0.05, 0) is 62.1 Å². The van der Waals surface area contributed by atoms with Crippen LogP contribution in [0.15, 0.2) is 18.2 Å². The Bertz CT molecular complexity index is 1030. The molecule has 1 N–H and O–H groups in total. The van der Waals surface area contributed by atoms with Crippen molar-refractivity contribution in [3.05, 3.63) is 28.2 Å². The number of ether oxygens (including phenoxy) is 1. The van der Waals surface area contributed by atoms with Crippen molar-refractivity contribution in [3.8, 4) is 11.8 Å². The first-order valence-corrected chi connectivity index (χ1v) is 13.7. The Morgan fingerprint density at radius 2 is 1.97 bits per heavy atom. The van der Waals surface area contributed by atoms with Crippen molar-refractivity contribution >= 4 is 40.8 Å². The van der Waals surface area contributed by atoms with Gasteiger partial charge in [0.15, 0.2) is 6.61 Å². The van der Waals surface area contributed by atoms with E-state index in [0.717, 1.165) is 51.4 Å². The fourth-order valence-corrected chi connectivity index (χ4v) is 6.50. The first-order chi connectivity index (χ1) is 17.3. The average Bonchev–Trinajstić information content (AvgIpc) is 3.23. The van der Waals surface area contributed by atoms with Crippen LogP contribution >= 0.6 is 23.2 Å². The smallest absolute Gasteiger partial charge is 0.261 e. The van der Waals surface area contributed by atoms with Crippen molar-refractivity contribution in [3.63, 3.8) is 0 Å². The van der Waals surface area contributed by atoms with E-state index < -0.39 is 12.1 Å². The van der Waals surface area contributed by atoms with E-state index in [0.29, 0.717) is 41.6 Å². The second-order valence-corrected chi connectivity index (χ2v) is 11.3. The number of ketones is 1. The fraction of sp³-hybridized carbons (Fsp3) is 0.630. The number of carbonyl (C=O) groups excluding carboxylic acids is 3. The Morgan fingerprint density at radius 1 is 1.19 bits per heavy atom. The molecular formula is C27H33Cl2N3O4. The molecule has 2 saturated carbocycles. The highest BCUT2D eigenvalue weighted by molar-refractivity contribution is 6.35. The Hall–Kier alpha value is -2.30. The minimum absolute atomic E-state index is 0.0880. The summed E-state index contributed by atoms with van der Waals surface area (Å²) in [6.45, 7) is 0.249. The number of halogens is 2. The van der Waals surface area contributed by atoms with Gasteiger partial charge >= 0.3 is 0 Å². The summed E-state index contributed by atoms with van der Waals surface area (Å²) in [6, 6.07) is 5.53. The van der Waals surface area contributed by atoms with Gasteiger partial charge in [-0.3, -0.25) is 14.4 Å². The SMILES string of the molecule is N#C[C@H](C[C@@H]1CCCCC1=O)NC(=O)[C@@H]1CC2(CCCCC2)CN1C(=O)COc1ccc(Cl)cc1Cl. The van der Waals surface area contributed by atoms with Crippen LogP contribution in [-0.4, -0.2) is 47.7 Å². The summed E-state index contributed by atoms with van der Waals surface area (Å²) >= 11 is 12.1. The van der Waals surface area contributed by atoms with E-state index in [-0.39, 0.29) is 35.5 Å². The van der Waals surface area contributed by atoms with Crippen molar-refractivity contribution in [2.75, 3.05) is 13.2 Å². The number of likely N-dealkylation sites (tertiary alicyclic amines) is 1. The van der Waals surface area contributed by atoms with Gasteiger partial charge in [-0.2, -0.15) is 5.26 Å². The predicted octanol–water partition coefficient (Wildman–Crippen LogP) is 5.08. The number of rotatable bonds is 7. The summed E-state index contributed by atoms with van der Waals surface area (Å²) in [6.07, 6.45) is 9.34.